The van der Waals surface area contributed by atoms with Crippen LogP contribution in [0.15, 0.2) is 12.3 Å². The molecule has 0 spiro atoms. The van der Waals surface area contributed by atoms with E-state index >= 15 is 0 Å². The smallest absolute Gasteiger partial charge is 0.329 e. The minimum absolute atomic E-state index is 0.0717. The van der Waals surface area contributed by atoms with Crippen molar-refractivity contribution in [2.45, 2.75) is 46.3 Å². The second-order valence-electron chi connectivity index (χ2n) is 6.10. The van der Waals surface area contributed by atoms with E-state index in [9.17, 15) is 9.59 Å². The van der Waals surface area contributed by atoms with E-state index in [0.717, 1.165) is 0 Å². The van der Waals surface area contributed by atoms with Gasteiger partial charge in [-0.15, -0.1) is 0 Å². The van der Waals surface area contributed by atoms with E-state index in [1.807, 2.05) is 13.8 Å². The van der Waals surface area contributed by atoms with Gasteiger partial charge in [0.25, 0.3) is 5.91 Å². The largest absolute Gasteiger partial charge is 0.458 e. The van der Waals surface area contributed by atoms with Gasteiger partial charge in [0.2, 0.25) is 0 Å². The molecule has 1 atom stereocenters. The van der Waals surface area contributed by atoms with Crippen molar-refractivity contribution in [1.29, 1.82) is 0 Å². The van der Waals surface area contributed by atoms with Crippen LogP contribution in [0.2, 0.25) is 0 Å². The average Bonchev–Trinajstić information content (AvgIpc) is 2.69. The predicted octanol–water partition coefficient (Wildman–Crippen LogP) is 1.52. The molecule has 112 valence electrons. The molecular weight excluding hydrogens is 258 g/mol. The normalized spacial score (nSPS) is 13.2. The lowest BCUT2D eigenvalue weighted by Gasteiger charge is -2.26. The van der Waals surface area contributed by atoms with Gasteiger partial charge in [-0.1, -0.05) is 13.8 Å². The van der Waals surface area contributed by atoms with E-state index in [0.29, 0.717) is 0 Å². The van der Waals surface area contributed by atoms with Gasteiger partial charge in [-0.05, 0) is 32.8 Å². The monoisotopic (exact) mass is 281 g/mol. The zero-order chi connectivity index (χ0) is 15.5. The van der Waals surface area contributed by atoms with Crippen LogP contribution >= 0.6 is 0 Å². The molecule has 0 aromatic carbocycles. The third-order valence-corrected chi connectivity index (χ3v) is 2.56. The molecule has 0 bridgehead atoms. The maximum absolute atomic E-state index is 12.1. The van der Waals surface area contributed by atoms with Crippen molar-refractivity contribution in [3.8, 4) is 0 Å². The Kier molecular flexibility index (Phi) is 4.92. The number of hydrogen-bond acceptors (Lipinski definition) is 4. The Morgan fingerprint density at radius 1 is 1.35 bits per heavy atom. The number of hydrogen-bond donors (Lipinski definition) is 1. The van der Waals surface area contributed by atoms with E-state index in [-0.39, 0.29) is 17.5 Å². The van der Waals surface area contributed by atoms with Crippen LogP contribution in [0.3, 0.4) is 0 Å². The molecule has 0 aliphatic carbocycles. The van der Waals surface area contributed by atoms with Crippen LogP contribution in [0.1, 0.15) is 45.1 Å². The second kappa shape index (κ2) is 6.07. The fourth-order valence-corrected chi connectivity index (χ4v) is 1.61. The predicted molar refractivity (Wildman–Crippen MR) is 75.1 cm³/mol. The molecule has 0 saturated heterocycles. The van der Waals surface area contributed by atoms with Crippen molar-refractivity contribution in [1.82, 2.24) is 15.1 Å². The first-order chi connectivity index (χ1) is 9.10. The molecule has 1 N–H and O–H groups in total. The van der Waals surface area contributed by atoms with E-state index in [1.54, 1.807) is 40.1 Å². The highest BCUT2D eigenvalue weighted by Gasteiger charge is 2.29. The first-order valence-corrected chi connectivity index (χ1v) is 6.63. The molecule has 1 rings (SSSR count). The quantitative estimate of drug-likeness (QED) is 0.849. The number of rotatable bonds is 4. The van der Waals surface area contributed by atoms with E-state index in [2.05, 4.69) is 10.4 Å². The number of carbonyl (C=O) groups excluding carboxylic acids is 2. The number of esters is 1. The topological polar surface area (TPSA) is 73.2 Å². The summed E-state index contributed by atoms with van der Waals surface area (Å²) < 4.78 is 6.86. The SMILES string of the molecule is CC(C)[C@@H](NC(=O)c1ccn(C)n1)C(=O)OC(C)(C)C. The minimum atomic E-state index is -0.691. The van der Waals surface area contributed by atoms with Crippen molar-refractivity contribution >= 4 is 11.9 Å². The summed E-state index contributed by atoms with van der Waals surface area (Å²) >= 11 is 0. The number of carbonyl (C=O) groups is 2. The molecule has 0 aliphatic heterocycles. The van der Waals surface area contributed by atoms with Gasteiger partial charge in [0, 0.05) is 13.2 Å². The van der Waals surface area contributed by atoms with Crippen molar-refractivity contribution in [3.05, 3.63) is 18.0 Å². The summed E-state index contributed by atoms with van der Waals surface area (Å²) in [6.07, 6.45) is 1.67. The number of ether oxygens (including phenoxy) is 1. The Morgan fingerprint density at radius 3 is 2.35 bits per heavy atom. The Labute approximate surface area is 119 Å². The number of aryl methyl sites for hydroxylation is 1. The van der Waals surface area contributed by atoms with Crippen molar-refractivity contribution < 1.29 is 14.3 Å². The highest BCUT2D eigenvalue weighted by atomic mass is 16.6. The summed E-state index contributed by atoms with van der Waals surface area (Å²) in [7, 11) is 1.73. The first-order valence-electron chi connectivity index (χ1n) is 6.63. The molecule has 0 radical (unpaired) electrons. The highest BCUT2D eigenvalue weighted by Crippen LogP contribution is 2.12. The number of nitrogens with zero attached hydrogens (tertiary/aromatic N) is 2. The van der Waals surface area contributed by atoms with Crippen LogP contribution in [0.4, 0.5) is 0 Å². The van der Waals surface area contributed by atoms with Gasteiger partial charge in [0.05, 0.1) is 0 Å². The summed E-state index contributed by atoms with van der Waals surface area (Å²) in [5.41, 5.74) is -0.304. The summed E-state index contributed by atoms with van der Waals surface area (Å²) in [6, 6.07) is 0.908. The van der Waals surface area contributed by atoms with Crippen molar-refractivity contribution in [2.75, 3.05) is 0 Å². The number of amides is 1. The summed E-state index contributed by atoms with van der Waals surface area (Å²) in [5, 5.41) is 6.69. The number of aromatic nitrogens is 2. The zero-order valence-corrected chi connectivity index (χ0v) is 12.9. The first kappa shape index (κ1) is 16.2. The van der Waals surface area contributed by atoms with E-state index in [1.165, 1.54) is 4.68 Å². The molecule has 6 nitrogen and oxygen atoms in total. The van der Waals surface area contributed by atoms with Gasteiger partial charge in [0.1, 0.15) is 17.3 Å². The molecule has 1 aromatic rings. The van der Waals surface area contributed by atoms with E-state index < -0.39 is 17.6 Å². The summed E-state index contributed by atoms with van der Waals surface area (Å²) in [4.78, 5) is 24.2. The summed E-state index contributed by atoms with van der Waals surface area (Å²) in [6.45, 7) is 9.09. The molecule has 6 heteroatoms. The lowest BCUT2D eigenvalue weighted by atomic mass is 10.0. The third kappa shape index (κ3) is 4.68. The second-order valence-corrected chi connectivity index (χ2v) is 6.10. The van der Waals surface area contributed by atoms with Gasteiger partial charge in [-0.3, -0.25) is 9.48 Å². The van der Waals surface area contributed by atoms with Gasteiger partial charge >= 0.3 is 5.97 Å². The molecule has 20 heavy (non-hydrogen) atoms. The van der Waals surface area contributed by atoms with Crippen LogP contribution in [-0.2, 0) is 16.6 Å². The molecule has 0 fully saturated rings. The molecule has 1 amide bonds. The zero-order valence-electron chi connectivity index (χ0n) is 12.9. The molecule has 1 aromatic heterocycles. The van der Waals surface area contributed by atoms with E-state index in [4.69, 9.17) is 4.74 Å². The Balaban J connectivity index is 2.77. The molecule has 0 unspecified atom stereocenters. The van der Waals surface area contributed by atoms with Crippen LogP contribution in [0.5, 0.6) is 0 Å². The fourth-order valence-electron chi connectivity index (χ4n) is 1.61. The maximum atomic E-state index is 12.1. The minimum Gasteiger partial charge on any atom is -0.458 e. The average molecular weight is 281 g/mol. The van der Waals surface area contributed by atoms with Gasteiger partial charge in [-0.2, -0.15) is 5.10 Å². The van der Waals surface area contributed by atoms with Crippen LogP contribution in [0.25, 0.3) is 0 Å². The Bertz CT molecular complexity index is 486. The van der Waals surface area contributed by atoms with Crippen LogP contribution in [-0.4, -0.2) is 33.3 Å². The maximum Gasteiger partial charge on any atom is 0.329 e. The third-order valence-electron chi connectivity index (χ3n) is 2.56. The van der Waals surface area contributed by atoms with Crippen molar-refractivity contribution in [2.24, 2.45) is 13.0 Å². The summed E-state index contributed by atoms with van der Waals surface area (Å²) in [5.74, 6) is -0.885. The molecular formula is C14H23N3O3. The lowest BCUT2D eigenvalue weighted by Crippen LogP contribution is -2.47. The molecule has 1 heterocycles. The molecule has 0 saturated carbocycles. The standard InChI is InChI=1S/C14H23N3O3/c1-9(2)11(13(19)20-14(3,4)5)15-12(18)10-7-8-17(6)16-10/h7-9,11H,1-6H3,(H,15,18)/t11-/m1/s1. The Hall–Kier alpha value is -1.85. The highest BCUT2D eigenvalue weighted by molar-refractivity contribution is 5.95. The van der Waals surface area contributed by atoms with Gasteiger partial charge in [-0.25, -0.2) is 4.79 Å². The fraction of sp³-hybridized carbons (Fsp3) is 0.643. The van der Waals surface area contributed by atoms with Gasteiger partial charge < -0.3 is 10.1 Å². The lowest BCUT2D eigenvalue weighted by molar-refractivity contribution is -0.158. The van der Waals surface area contributed by atoms with Crippen LogP contribution < -0.4 is 5.32 Å². The van der Waals surface area contributed by atoms with Crippen molar-refractivity contribution in [3.63, 3.8) is 0 Å². The van der Waals surface area contributed by atoms with Gasteiger partial charge in [0.15, 0.2) is 0 Å². The Morgan fingerprint density at radius 2 is 1.95 bits per heavy atom. The number of nitrogens with one attached hydrogen (secondary N) is 1. The van der Waals surface area contributed by atoms with Crippen LogP contribution in [0, 0.1) is 5.92 Å². The molecule has 0 aliphatic rings.